The number of nitrogens with zero attached hydrogens (tertiary/aromatic N) is 2. The number of aliphatic hydroxyl groups excluding tert-OH is 1. The second-order valence-corrected chi connectivity index (χ2v) is 6.20. The zero-order valence-corrected chi connectivity index (χ0v) is 12.8. The molecule has 0 unspecified atom stereocenters. The number of hydrogen-bond acceptors (Lipinski definition) is 3. The van der Waals surface area contributed by atoms with E-state index in [1.54, 1.807) is 4.90 Å². The zero-order chi connectivity index (χ0) is 15.7. The topological polar surface area (TPSA) is 65.7 Å². The summed E-state index contributed by atoms with van der Waals surface area (Å²) in [6.45, 7) is 0.840. The molecular formula is C17H22N2O3. The van der Waals surface area contributed by atoms with Gasteiger partial charge in [0.15, 0.2) is 0 Å². The highest BCUT2D eigenvalue weighted by Gasteiger charge is 2.31. The van der Waals surface area contributed by atoms with Crippen LogP contribution in [0.15, 0.2) is 30.5 Å². The van der Waals surface area contributed by atoms with E-state index < -0.39 is 5.60 Å². The second kappa shape index (κ2) is 5.74. The van der Waals surface area contributed by atoms with Crippen LogP contribution in [0.5, 0.6) is 0 Å². The summed E-state index contributed by atoms with van der Waals surface area (Å²) in [7, 11) is 1.94. The number of fused-ring (bicyclic) bond motifs is 1. The third-order valence-electron chi connectivity index (χ3n) is 4.63. The van der Waals surface area contributed by atoms with Crippen LogP contribution >= 0.6 is 0 Å². The van der Waals surface area contributed by atoms with E-state index in [2.05, 4.69) is 0 Å². The van der Waals surface area contributed by atoms with Gasteiger partial charge in [0.25, 0.3) is 5.91 Å². The van der Waals surface area contributed by atoms with Gasteiger partial charge in [-0.1, -0.05) is 18.2 Å². The van der Waals surface area contributed by atoms with Gasteiger partial charge in [-0.2, -0.15) is 0 Å². The molecule has 5 nitrogen and oxygen atoms in total. The standard InChI is InChI=1S/C17H22N2O3/c1-18-11-14(13-5-2-3-6-15(13)18)16(21)19-9-4-7-17(22,12-20)8-10-19/h2-3,5-6,11,20,22H,4,7-10,12H2,1H3/t17-/m1/s1. The quantitative estimate of drug-likeness (QED) is 0.884. The molecule has 1 aromatic heterocycles. The third-order valence-corrected chi connectivity index (χ3v) is 4.63. The SMILES string of the molecule is Cn1cc(C(=O)N2CCC[C@](O)(CO)CC2)c2ccccc21. The molecule has 5 heteroatoms. The number of carbonyl (C=O) groups excluding carboxylic acids is 1. The summed E-state index contributed by atoms with van der Waals surface area (Å²) in [4.78, 5) is 14.6. The van der Waals surface area contributed by atoms with Gasteiger partial charge >= 0.3 is 0 Å². The molecule has 0 aliphatic carbocycles. The number of aliphatic hydroxyl groups is 2. The maximum Gasteiger partial charge on any atom is 0.256 e. The van der Waals surface area contributed by atoms with Crippen molar-refractivity contribution < 1.29 is 15.0 Å². The number of rotatable bonds is 2. The first-order valence-corrected chi connectivity index (χ1v) is 7.71. The van der Waals surface area contributed by atoms with Crippen LogP contribution in [0.4, 0.5) is 0 Å². The van der Waals surface area contributed by atoms with Crippen LogP contribution < -0.4 is 0 Å². The Hall–Kier alpha value is -1.85. The number of aryl methyl sites for hydroxylation is 1. The van der Waals surface area contributed by atoms with Gasteiger partial charge in [0, 0.05) is 37.2 Å². The molecule has 2 heterocycles. The Balaban J connectivity index is 1.87. The summed E-state index contributed by atoms with van der Waals surface area (Å²) in [5.74, 6) is -0.000935. The van der Waals surface area contributed by atoms with E-state index in [1.165, 1.54) is 0 Å². The van der Waals surface area contributed by atoms with Crippen LogP contribution in [-0.2, 0) is 7.05 Å². The van der Waals surface area contributed by atoms with Crippen molar-refractivity contribution in [2.24, 2.45) is 7.05 Å². The molecule has 1 fully saturated rings. The molecule has 1 atom stereocenters. The van der Waals surface area contributed by atoms with E-state index in [0.29, 0.717) is 37.9 Å². The molecule has 0 bridgehead atoms. The summed E-state index contributed by atoms with van der Waals surface area (Å²) in [6, 6.07) is 7.86. The molecular weight excluding hydrogens is 280 g/mol. The number of benzene rings is 1. The fourth-order valence-electron chi connectivity index (χ4n) is 3.22. The van der Waals surface area contributed by atoms with Crippen molar-refractivity contribution in [2.45, 2.75) is 24.9 Å². The van der Waals surface area contributed by atoms with E-state index in [1.807, 2.05) is 42.1 Å². The number of likely N-dealkylation sites (tertiary alicyclic amines) is 1. The first kappa shape index (κ1) is 15.1. The first-order valence-electron chi connectivity index (χ1n) is 7.71. The summed E-state index contributed by atoms with van der Waals surface area (Å²) in [5.41, 5.74) is 0.688. The molecule has 1 saturated heterocycles. The fourth-order valence-corrected chi connectivity index (χ4v) is 3.22. The summed E-state index contributed by atoms with van der Waals surface area (Å²) < 4.78 is 1.96. The van der Waals surface area contributed by atoms with E-state index in [0.717, 1.165) is 10.9 Å². The van der Waals surface area contributed by atoms with Crippen molar-refractivity contribution in [1.82, 2.24) is 9.47 Å². The lowest BCUT2D eigenvalue weighted by Crippen LogP contribution is -2.36. The van der Waals surface area contributed by atoms with Gasteiger partial charge in [0.1, 0.15) is 0 Å². The highest BCUT2D eigenvalue weighted by molar-refractivity contribution is 6.07. The normalized spacial score (nSPS) is 22.8. The lowest BCUT2D eigenvalue weighted by atomic mass is 9.96. The lowest BCUT2D eigenvalue weighted by molar-refractivity contribution is -0.0250. The highest BCUT2D eigenvalue weighted by Crippen LogP contribution is 2.25. The Morgan fingerprint density at radius 2 is 2.05 bits per heavy atom. The molecule has 1 aromatic carbocycles. The van der Waals surface area contributed by atoms with Gasteiger partial charge in [0.05, 0.1) is 17.8 Å². The molecule has 2 N–H and O–H groups in total. The molecule has 22 heavy (non-hydrogen) atoms. The van der Waals surface area contributed by atoms with Crippen LogP contribution in [0.1, 0.15) is 29.6 Å². The van der Waals surface area contributed by atoms with Crippen LogP contribution in [0.3, 0.4) is 0 Å². The average molecular weight is 302 g/mol. The van der Waals surface area contributed by atoms with Gasteiger partial charge in [-0.3, -0.25) is 4.79 Å². The van der Waals surface area contributed by atoms with E-state index in [-0.39, 0.29) is 12.5 Å². The van der Waals surface area contributed by atoms with Crippen molar-refractivity contribution in [1.29, 1.82) is 0 Å². The summed E-state index contributed by atoms with van der Waals surface area (Å²) in [6.07, 6.45) is 3.52. The zero-order valence-electron chi connectivity index (χ0n) is 12.8. The van der Waals surface area contributed by atoms with Crippen LogP contribution in [0.25, 0.3) is 10.9 Å². The van der Waals surface area contributed by atoms with Gasteiger partial charge < -0.3 is 19.7 Å². The van der Waals surface area contributed by atoms with Gasteiger partial charge in [-0.05, 0) is 25.3 Å². The summed E-state index contributed by atoms with van der Waals surface area (Å²) in [5, 5.41) is 20.5. The average Bonchev–Trinajstić information content (AvgIpc) is 2.74. The van der Waals surface area contributed by atoms with Crippen molar-refractivity contribution in [3.8, 4) is 0 Å². The van der Waals surface area contributed by atoms with Crippen molar-refractivity contribution in [3.05, 3.63) is 36.0 Å². The van der Waals surface area contributed by atoms with Crippen molar-refractivity contribution in [2.75, 3.05) is 19.7 Å². The Morgan fingerprint density at radius 1 is 1.27 bits per heavy atom. The minimum absolute atomic E-state index is 0.000935. The highest BCUT2D eigenvalue weighted by atomic mass is 16.3. The molecule has 2 aromatic rings. The van der Waals surface area contributed by atoms with E-state index >= 15 is 0 Å². The number of carbonyl (C=O) groups is 1. The maximum atomic E-state index is 12.8. The minimum Gasteiger partial charge on any atom is -0.393 e. The molecule has 0 radical (unpaired) electrons. The van der Waals surface area contributed by atoms with E-state index in [4.69, 9.17) is 0 Å². The van der Waals surface area contributed by atoms with Gasteiger partial charge in [0.2, 0.25) is 0 Å². The number of para-hydroxylation sites is 1. The first-order chi connectivity index (χ1) is 10.5. The molecule has 1 aliphatic rings. The maximum absolute atomic E-state index is 12.8. The lowest BCUT2D eigenvalue weighted by Gasteiger charge is -2.24. The molecule has 0 saturated carbocycles. The minimum atomic E-state index is -1.05. The molecule has 118 valence electrons. The number of amides is 1. The predicted octanol–water partition coefficient (Wildman–Crippen LogP) is 1.53. The fraction of sp³-hybridized carbons (Fsp3) is 0.471. The predicted molar refractivity (Wildman–Crippen MR) is 84.7 cm³/mol. The largest absolute Gasteiger partial charge is 0.393 e. The van der Waals surface area contributed by atoms with Crippen molar-refractivity contribution in [3.63, 3.8) is 0 Å². The van der Waals surface area contributed by atoms with Crippen LogP contribution in [-0.4, -0.2) is 50.9 Å². The smallest absolute Gasteiger partial charge is 0.256 e. The van der Waals surface area contributed by atoms with Crippen LogP contribution in [0, 0.1) is 0 Å². The Labute approximate surface area is 129 Å². The Kier molecular flexibility index (Phi) is 3.93. The number of hydrogen-bond donors (Lipinski definition) is 2. The molecule has 0 spiro atoms. The van der Waals surface area contributed by atoms with E-state index in [9.17, 15) is 15.0 Å². The Bertz CT molecular complexity index is 694. The second-order valence-electron chi connectivity index (χ2n) is 6.20. The van der Waals surface area contributed by atoms with Gasteiger partial charge in [-0.15, -0.1) is 0 Å². The van der Waals surface area contributed by atoms with Crippen LogP contribution in [0.2, 0.25) is 0 Å². The summed E-state index contributed by atoms with van der Waals surface area (Å²) >= 11 is 0. The molecule has 1 aliphatic heterocycles. The third kappa shape index (κ3) is 2.62. The molecule has 3 rings (SSSR count). The molecule has 1 amide bonds. The van der Waals surface area contributed by atoms with Crippen molar-refractivity contribution >= 4 is 16.8 Å². The Morgan fingerprint density at radius 3 is 2.82 bits per heavy atom. The monoisotopic (exact) mass is 302 g/mol. The van der Waals surface area contributed by atoms with Gasteiger partial charge in [-0.25, -0.2) is 0 Å². The number of aromatic nitrogens is 1.